The lowest BCUT2D eigenvalue weighted by molar-refractivity contribution is 0.00578. The van der Waals surface area contributed by atoms with Crippen LogP contribution in [0.4, 0.5) is 25.4 Å². The molecule has 6 aromatic carbocycles. The average Bonchev–Trinajstić information content (AvgIpc) is 1.02. The van der Waals surface area contributed by atoms with Gasteiger partial charge in [-0.05, 0) is 198 Å². The maximum atomic E-state index is 13.8. The van der Waals surface area contributed by atoms with Gasteiger partial charge in [0, 0.05) is 35.1 Å². The van der Waals surface area contributed by atoms with E-state index in [-0.39, 0.29) is 24.1 Å². The van der Waals surface area contributed by atoms with Crippen LogP contribution in [-0.4, -0.2) is 67.0 Å². The highest BCUT2D eigenvalue weighted by Crippen LogP contribution is 2.56. The Balaban J connectivity index is 0.000000191. The minimum absolute atomic E-state index is 0.278. The van der Waals surface area contributed by atoms with Crippen LogP contribution in [0.25, 0.3) is 33.4 Å². The normalized spacial score (nSPS) is 19.2. The standard InChI is InChI=1S/C38H46BNO6.C32H34FNO4/c1-23-22-36(5,6)40(34(41)44-35(2,3)4)27-20-19-26-32-28(42-11)13-12-14-29(32)43-30(33(26)31(23)27)21-24-15-17-25(18-16-24)39-45-37(7,8)38(9,10)46-39;1-19-18-32(5,6)34(30(35)38-31(2,3)4)23-16-15-22-28-24(36-7)9-8-10-25(28)37-26(29(22)27(19)23)17-20-11-13-21(33)14-12-20/h12-20,22,30H,21H2,1-11H3;8-16,18,26H,17H2,1-7H3. The fraction of sp³-hybridized carbons (Fsp3) is 0.400. The lowest BCUT2D eigenvalue weighted by Gasteiger charge is -2.43. The molecular formula is C70H80BFN2O10. The molecule has 11 rings (SSSR count). The summed E-state index contributed by atoms with van der Waals surface area (Å²) in [4.78, 5) is 30.8. The molecule has 0 aliphatic carbocycles. The molecule has 440 valence electrons. The van der Waals surface area contributed by atoms with E-state index in [0.717, 1.165) is 101 Å². The third-order valence-electron chi connectivity index (χ3n) is 16.6. The van der Waals surface area contributed by atoms with Crippen LogP contribution < -0.4 is 34.2 Å². The van der Waals surface area contributed by atoms with Crippen molar-refractivity contribution in [3.05, 3.63) is 161 Å². The number of allylic oxidation sites excluding steroid dienone is 2. The second-order valence-electron chi connectivity index (χ2n) is 26.7. The molecule has 0 N–H and O–H groups in total. The van der Waals surface area contributed by atoms with Crippen LogP contribution in [0.2, 0.25) is 0 Å². The molecule has 0 spiro atoms. The van der Waals surface area contributed by atoms with Crippen LogP contribution in [-0.2, 0) is 31.6 Å². The van der Waals surface area contributed by atoms with Crippen molar-refractivity contribution in [1.82, 2.24) is 0 Å². The predicted octanol–water partition coefficient (Wildman–Crippen LogP) is 16.4. The molecule has 0 aromatic heterocycles. The Morgan fingerprint density at radius 3 is 1.29 bits per heavy atom. The van der Waals surface area contributed by atoms with E-state index < -0.39 is 46.7 Å². The molecule has 5 heterocycles. The number of nitrogens with zero attached hydrogens (tertiary/aromatic N) is 2. The number of carbonyl (C=O) groups excluding carboxylic acids is 2. The molecule has 2 atom stereocenters. The highest BCUT2D eigenvalue weighted by Gasteiger charge is 2.52. The molecule has 0 bridgehead atoms. The van der Waals surface area contributed by atoms with Crippen molar-refractivity contribution in [1.29, 1.82) is 0 Å². The van der Waals surface area contributed by atoms with Crippen LogP contribution in [0.1, 0.15) is 156 Å². The highest BCUT2D eigenvalue weighted by molar-refractivity contribution is 6.62. The van der Waals surface area contributed by atoms with Crippen LogP contribution in [0, 0.1) is 5.82 Å². The second-order valence-corrected chi connectivity index (χ2v) is 26.7. The van der Waals surface area contributed by atoms with Gasteiger partial charge in [-0.25, -0.2) is 14.0 Å². The lowest BCUT2D eigenvalue weighted by atomic mass is 9.78. The van der Waals surface area contributed by atoms with E-state index in [1.807, 2.05) is 124 Å². The molecule has 5 aliphatic rings. The molecular weight excluding hydrogens is 1060 g/mol. The molecule has 12 nitrogen and oxygen atoms in total. The molecule has 84 heavy (non-hydrogen) atoms. The summed E-state index contributed by atoms with van der Waals surface area (Å²) < 4.78 is 63.1. The van der Waals surface area contributed by atoms with Gasteiger partial charge in [0.25, 0.3) is 0 Å². The Morgan fingerprint density at radius 1 is 0.536 bits per heavy atom. The zero-order valence-corrected chi connectivity index (χ0v) is 52.0. The number of halogens is 1. The third-order valence-corrected chi connectivity index (χ3v) is 16.6. The lowest BCUT2D eigenvalue weighted by Crippen LogP contribution is -2.51. The van der Waals surface area contributed by atoms with Gasteiger partial charge in [-0.15, -0.1) is 0 Å². The summed E-state index contributed by atoms with van der Waals surface area (Å²) >= 11 is 0. The summed E-state index contributed by atoms with van der Waals surface area (Å²) in [5.74, 6) is 2.68. The quantitative estimate of drug-likeness (QED) is 0.143. The minimum Gasteiger partial charge on any atom is -0.496 e. The summed E-state index contributed by atoms with van der Waals surface area (Å²) in [6.07, 6.45) is 3.92. The average molecular weight is 1140 g/mol. The number of fused-ring (bicyclic) bond motifs is 10. The zero-order chi connectivity index (χ0) is 60.8. The van der Waals surface area contributed by atoms with E-state index in [2.05, 4.69) is 84.0 Å². The van der Waals surface area contributed by atoms with Crippen molar-refractivity contribution in [2.24, 2.45) is 0 Å². The van der Waals surface area contributed by atoms with Gasteiger partial charge in [-0.3, -0.25) is 9.80 Å². The van der Waals surface area contributed by atoms with Crippen molar-refractivity contribution in [3.63, 3.8) is 0 Å². The van der Waals surface area contributed by atoms with Gasteiger partial charge in [0.05, 0.1) is 59.0 Å². The first-order valence-corrected chi connectivity index (χ1v) is 29.0. The van der Waals surface area contributed by atoms with Crippen molar-refractivity contribution in [2.75, 3.05) is 24.0 Å². The Labute approximate surface area is 496 Å². The van der Waals surface area contributed by atoms with Gasteiger partial charge in [0.1, 0.15) is 52.2 Å². The molecule has 2 unspecified atom stereocenters. The summed E-state index contributed by atoms with van der Waals surface area (Å²) in [7, 11) is 2.90. The fourth-order valence-electron chi connectivity index (χ4n) is 12.4. The summed E-state index contributed by atoms with van der Waals surface area (Å²) in [6.45, 7) is 31.8. The number of anilines is 2. The van der Waals surface area contributed by atoms with Crippen molar-refractivity contribution in [3.8, 4) is 45.3 Å². The van der Waals surface area contributed by atoms with E-state index in [0.29, 0.717) is 18.6 Å². The molecule has 0 radical (unpaired) electrons. The van der Waals surface area contributed by atoms with Crippen LogP contribution >= 0.6 is 0 Å². The first kappa shape index (κ1) is 59.6. The zero-order valence-electron chi connectivity index (χ0n) is 52.0. The number of hydrogen-bond acceptors (Lipinski definition) is 10. The molecule has 0 saturated carbocycles. The Hall–Kier alpha value is -7.55. The van der Waals surface area contributed by atoms with E-state index in [4.69, 9.17) is 37.7 Å². The summed E-state index contributed by atoms with van der Waals surface area (Å²) in [6, 6.07) is 34.8. The Morgan fingerprint density at radius 2 is 0.917 bits per heavy atom. The van der Waals surface area contributed by atoms with E-state index in [9.17, 15) is 14.0 Å². The van der Waals surface area contributed by atoms with E-state index >= 15 is 0 Å². The molecule has 5 aliphatic heterocycles. The molecule has 6 aromatic rings. The number of rotatable bonds is 7. The number of benzene rings is 6. The van der Waals surface area contributed by atoms with Crippen molar-refractivity contribution < 1.29 is 51.7 Å². The number of methoxy groups -OCH3 is 2. The van der Waals surface area contributed by atoms with Crippen LogP contribution in [0.5, 0.6) is 23.0 Å². The topological polar surface area (TPSA) is 114 Å². The maximum Gasteiger partial charge on any atom is 0.494 e. The van der Waals surface area contributed by atoms with Gasteiger partial charge < -0.3 is 37.7 Å². The largest absolute Gasteiger partial charge is 0.496 e. The number of amides is 2. The predicted molar refractivity (Wildman–Crippen MR) is 332 cm³/mol. The number of hydrogen-bond donors (Lipinski definition) is 0. The summed E-state index contributed by atoms with van der Waals surface area (Å²) in [5.41, 5.74) is 11.2. The van der Waals surface area contributed by atoms with Crippen molar-refractivity contribution in [2.45, 2.75) is 169 Å². The fourth-order valence-corrected chi connectivity index (χ4v) is 12.4. The van der Waals surface area contributed by atoms with Crippen LogP contribution in [0.15, 0.2) is 121 Å². The van der Waals surface area contributed by atoms with Gasteiger partial charge in [0.2, 0.25) is 0 Å². The van der Waals surface area contributed by atoms with Crippen molar-refractivity contribution >= 4 is 47.3 Å². The first-order chi connectivity index (χ1) is 39.3. The van der Waals surface area contributed by atoms with E-state index in [1.165, 1.54) is 12.1 Å². The van der Waals surface area contributed by atoms with Gasteiger partial charge in [0.15, 0.2) is 0 Å². The molecule has 2 amide bonds. The molecule has 1 fully saturated rings. The third kappa shape index (κ3) is 11.2. The second kappa shape index (κ2) is 21.5. The smallest absolute Gasteiger partial charge is 0.494 e. The van der Waals surface area contributed by atoms with Gasteiger partial charge >= 0.3 is 19.3 Å². The maximum absolute atomic E-state index is 13.8. The SMILES string of the molecule is COc1cccc2c1-c1ccc3c(c1C(Cc1ccc(B4OC(C)(C)C(C)(C)O4)cc1)O2)C(C)=CC(C)(C)N3C(=O)OC(C)(C)C.COc1cccc2c1-c1ccc3c(c1C(Cc1ccc(F)cc1)O2)C(C)=CC(C)(C)N3C(=O)OC(C)(C)C. The molecule has 1 saturated heterocycles. The van der Waals surface area contributed by atoms with Gasteiger partial charge in [-0.2, -0.15) is 0 Å². The Bertz CT molecular complexity index is 3610. The number of ether oxygens (including phenoxy) is 6. The minimum atomic E-state index is -0.641. The van der Waals surface area contributed by atoms with Crippen LogP contribution in [0.3, 0.4) is 0 Å². The first-order valence-electron chi connectivity index (χ1n) is 29.0. The molecule has 14 heteroatoms. The highest BCUT2D eigenvalue weighted by atomic mass is 19.1. The van der Waals surface area contributed by atoms with Gasteiger partial charge in [-0.1, -0.05) is 72.8 Å². The summed E-state index contributed by atoms with van der Waals surface area (Å²) in [5, 5.41) is 0. The Kier molecular flexibility index (Phi) is 15.3. The number of carbonyl (C=O) groups is 2. The van der Waals surface area contributed by atoms with E-state index in [1.54, 1.807) is 36.2 Å². The monoisotopic (exact) mass is 1140 g/mol.